The average molecular weight is 448 g/mol. The summed E-state index contributed by atoms with van der Waals surface area (Å²) in [7, 11) is 0. The average Bonchev–Trinajstić information content (AvgIpc) is 2.66. The number of rotatable bonds is 12. The SMILES string of the molecule is CCOc1cc(CNCCNCCO)cc(Cl)c1OCc1c(Cl)cccc1Cl. The van der Waals surface area contributed by atoms with Crippen molar-refractivity contribution in [1.29, 1.82) is 0 Å². The van der Waals surface area contributed by atoms with E-state index in [2.05, 4.69) is 10.6 Å². The van der Waals surface area contributed by atoms with Crippen LogP contribution in [0.25, 0.3) is 0 Å². The molecule has 5 nitrogen and oxygen atoms in total. The lowest BCUT2D eigenvalue weighted by atomic mass is 10.2. The van der Waals surface area contributed by atoms with Crippen molar-refractivity contribution in [2.75, 3.05) is 32.8 Å². The number of aliphatic hydroxyl groups excluding tert-OH is 1. The van der Waals surface area contributed by atoms with Gasteiger partial charge in [0.25, 0.3) is 0 Å². The monoisotopic (exact) mass is 446 g/mol. The molecule has 154 valence electrons. The molecule has 0 aliphatic heterocycles. The number of ether oxygens (including phenoxy) is 2. The van der Waals surface area contributed by atoms with E-state index in [1.165, 1.54) is 0 Å². The lowest BCUT2D eigenvalue weighted by molar-refractivity contribution is 0.269. The van der Waals surface area contributed by atoms with Gasteiger partial charge in [-0.1, -0.05) is 40.9 Å². The first-order chi connectivity index (χ1) is 13.6. The Hall–Kier alpha value is -1.21. The van der Waals surface area contributed by atoms with E-state index in [4.69, 9.17) is 49.4 Å². The number of halogens is 3. The summed E-state index contributed by atoms with van der Waals surface area (Å²) in [6, 6.07) is 9.07. The van der Waals surface area contributed by atoms with Gasteiger partial charge in [-0.05, 0) is 36.8 Å². The first kappa shape index (κ1) is 23.1. The van der Waals surface area contributed by atoms with E-state index >= 15 is 0 Å². The zero-order chi connectivity index (χ0) is 20.4. The standard InChI is InChI=1S/C20H25Cl3N2O3/c1-2-27-19-11-14(12-25-7-6-24-8-9-26)10-18(23)20(19)28-13-15-16(21)4-3-5-17(15)22/h3-5,10-11,24-26H,2,6-9,12-13H2,1H3. The Kier molecular flexibility index (Phi) is 10.2. The topological polar surface area (TPSA) is 62.8 Å². The van der Waals surface area contributed by atoms with Crippen molar-refractivity contribution < 1.29 is 14.6 Å². The highest BCUT2D eigenvalue weighted by atomic mass is 35.5. The summed E-state index contributed by atoms with van der Waals surface area (Å²) in [6.45, 7) is 5.47. The van der Waals surface area contributed by atoms with Crippen LogP contribution in [0.3, 0.4) is 0 Å². The minimum atomic E-state index is 0.133. The molecular formula is C20H25Cl3N2O3. The second-order valence-electron chi connectivity index (χ2n) is 5.98. The molecule has 0 spiro atoms. The van der Waals surface area contributed by atoms with Gasteiger partial charge in [-0.2, -0.15) is 0 Å². The third-order valence-electron chi connectivity index (χ3n) is 3.89. The van der Waals surface area contributed by atoms with Gasteiger partial charge in [-0.25, -0.2) is 0 Å². The second kappa shape index (κ2) is 12.4. The summed E-state index contributed by atoms with van der Waals surface area (Å²) in [5.74, 6) is 1.04. The molecule has 2 rings (SSSR count). The molecule has 8 heteroatoms. The fraction of sp³-hybridized carbons (Fsp3) is 0.400. The first-order valence-corrected chi connectivity index (χ1v) is 10.2. The van der Waals surface area contributed by atoms with Crippen LogP contribution < -0.4 is 20.1 Å². The molecule has 2 aromatic rings. The Balaban J connectivity index is 2.05. The van der Waals surface area contributed by atoms with Gasteiger partial charge in [0.15, 0.2) is 11.5 Å². The predicted molar refractivity (Wildman–Crippen MR) is 115 cm³/mol. The zero-order valence-electron chi connectivity index (χ0n) is 15.7. The molecule has 0 aliphatic rings. The number of aliphatic hydroxyl groups is 1. The van der Waals surface area contributed by atoms with E-state index in [1.54, 1.807) is 18.2 Å². The third kappa shape index (κ3) is 6.99. The van der Waals surface area contributed by atoms with Gasteiger partial charge in [-0.3, -0.25) is 0 Å². The molecule has 0 aromatic heterocycles. The molecule has 0 heterocycles. The van der Waals surface area contributed by atoms with Crippen LogP contribution in [-0.4, -0.2) is 38.0 Å². The number of nitrogens with one attached hydrogen (secondary N) is 2. The Bertz CT molecular complexity index is 739. The van der Waals surface area contributed by atoms with Crippen molar-refractivity contribution in [3.8, 4) is 11.5 Å². The Morgan fingerprint density at radius 1 is 0.929 bits per heavy atom. The summed E-state index contributed by atoms with van der Waals surface area (Å²) < 4.78 is 11.6. The predicted octanol–water partition coefficient (Wildman–Crippen LogP) is 4.30. The van der Waals surface area contributed by atoms with E-state index in [0.29, 0.717) is 51.8 Å². The van der Waals surface area contributed by atoms with Crippen LogP contribution in [0.1, 0.15) is 18.1 Å². The summed E-state index contributed by atoms with van der Waals surface area (Å²) in [5, 5.41) is 16.7. The molecule has 0 saturated carbocycles. The summed E-state index contributed by atoms with van der Waals surface area (Å²) in [4.78, 5) is 0. The van der Waals surface area contributed by atoms with Crippen LogP contribution in [0, 0.1) is 0 Å². The van der Waals surface area contributed by atoms with Gasteiger partial charge in [0.05, 0.1) is 18.2 Å². The smallest absolute Gasteiger partial charge is 0.180 e. The Labute approximate surface area is 180 Å². The van der Waals surface area contributed by atoms with Crippen LogP contribution in [-0.2, 0) is 13.2 Å². The minimum Gasteiger partial charge on any atom is -0.490 e. The minimum absolute atomic E-state index is 0.133. The highest BCUT2D eigenvalue weighted by Gasteiger charge is 2.15. The van der Waals surface area contributed by atoms with E-state index in [0.717, 1.165) is 18.7 Å². The van der Waals surface area contributed by atoms with E-state index in [9.17, 15) is 0 Å². The van der Waals surface area contributed by atoms with E-state index in [1.807, 2.05) is 19.1 Å². The van der Waals surface area contributed by atoms with Gasteiger partial charge in [-0.15, -0.1) is 0 Å². The maximum Gasteiger partial charge on any atom is 0.180 e. The van der Waals surface area contributed by atoms with Gasteiger partial charge in [0.1, 0.15) is 6.61 Å². The Morgan fingerprint density at radius 2 is 1.64 bits per heavy atom. The number of hydrogen-bond acceptors (Lipinski definition) is 5. The first-order valence-electron chi connectivity index (χ1n) is 9.10. The summed E-state index contributed by atoms with van der Waals surface area (Å²) in [5.41, 5.74) is 1.68. The van der Waals surface area contributed by atoms with Crippen LogP contribution in [0.5, 0.6) is 11.5 Å². The molecule has 0 atom stereocenters. The molecule has 0 unspecified atom stereocenters. The molecule has 0 amide bonds. The molecule has 0 aliphatic carbocycles. The maximum absolute atomic E-state index is 8.75. The van der Waals surface area contributed by atoms with Crippen molar-refractivity contribution in [2.45, 2.75) is 20.1 Å². The summed E-state index contributed by atoms with van der Waals surface area (Å²) >= 11 is 18.9. The molecule has 0 fully saturated rings. The molecule has 0 bridgehead atoms. The fourth-order valence-corrected chi connectivity index (χ4v) is 3.35. The largest absolute Gasteiger partial charge is 0.490 e. The molecule has 2 aromatic carbocycles. The maximum atomic E-state index is 8.75. The molecule has 0 radical (unpaired) electrons. The molecule has 3 N–H and O–H groups in total. The summed E-state index contributed by atoms with van der Waals surface area (Å²) in [6.07, 6.45) is 0. The van der Waals surface area contributed by atoms with E-state index < -0.39 is 0 Å². The highest BCUT2D eigenvalue weighted by molar-refractivity contribution is 6.36. The molecule has 0 saturated heterocycles. The van der Waals surface area contributed by atoms with Crippen LogP contribution in [0.15, 0.2) is 30.3 Å². The number of benzene rings is 2. The molecular weight excluding hydrogens is 423 g/mol. The van der Waals surface area contributed by atoms with Crippen molar-refractivity contribution in [3.05, 3.63) is 56.5 Å². The normalized spacial score (nSPS) is 10.9. The molecule has 28 heavy (non-hydrogen) atoms. The van der Waals surface area contributed by atoms with Gasteiger partial charge >= 0.3 is 0 Å². The van der Waals surface area contributed by atoms with Gasteiger partial charge < -0.3 is 25.2 Å². The number of hydrogen-bond donors (Lipinski definition) is 3. The van der Waals surface area contributed by atoms with Crippen molar-refractivity contribution in [3.63, 3.8) is 0 Å². The Morgan fingerprint density at radius 3 is 2.32 bits per heavy atom. The van der Waals surface area contributed by atoms with Crippen LogP contribution in [0.4, 0.5) is 0 Å². The lowest BCUT2D eigenvalue weighted by Gasteiger charge is -2.16. The fourth-order valence-electron chi connectivity index (χ4n) is 2.55. The van der Waals surface area contributed by atoms with Crippen LogP contribution >= 0.6 is 34.8 Å². The highest BCUT2D eigenvalue weighted by Crippen LogP contribution is 2.38. The third-order valence-corrected chi connectivity index (χ3v) is 4.88. The quantitative estimate of drug-likeness (QED) is 0.424. The van der Waals surface area contributed by atoms with Crippen LogP contribution in [0.2, 0.25) is 15.1 Å². The lowest BCUT2D eigenvalue weighted by Crippen LogP contribution is -2.28. The van der Waals surface area contributed by atoms with Gasteiger partial charge in [0.2, 0.25) is 0 Å². The van der Waals surface area contributed by atoms with Crippen molar-refractivity contribution in [2.24, 2.45) is 0 Å². The zero-order valence-corrected chi connectivity index (χ0v) is 18.0. The van der Waals surface area contributed by atoms with Gasteiger partial charge in [0, 0.05) is 41.8 Å². The second-order valence-corrected chi connectivity index (χ2v) is 7.20. The van der Waals surface area contributed by atoms with Crippen molar-refractivity contribution >= 4 is 34.8 Å². The van der Waals surface area contributed by atoms with Crippen molar-refractivity contribution in [1.82, 2.24) is 10.6 Å². The van der Waals surface area contributed by atoms with E-state index in [-0.39, 0.29) is 13.2 Å².